The number of benzene rings is 1. The van der Waals surface area contributed by atoms with E-state index in [1.807, 2.05) is 0 Å². The number of hydrogen-bond acceptors (Lipinski definition) is 3. The van der Waals surface area contributed by atoms with Crippen LogP contribution in [0.3, 0.4) is 0 Å². The van der Waals surface area contributed by atoms with Gasteiger partial charge in [0.25, 0.3) is 0 Å². The molecule has 0 saturated carbocycles. The number of anilines is 1. The van der Waals surface area contributed by atoms with Gasteiger partial charge < -0.3 is 20.6 Å². The Morgan fingerprint density at radius 3 is 2.86 bits per heavy atom. The Balaban J connectivity index is 1.96. The first-order valence-electron chi connectivity index (χ1n) is 7.06. The van der Waals surface area contributed by atoms with Crippen molar-refractivity contribution in [2.24, 2.45) is 0 Å². The SMILES string of the molecule is CC(C)(CO)NC(=O)N[C@@H]1CC(=O)N(c2cccc(F)c2)C1. The Morgan fingerprint density at radius 2 is 2.23 bits per heavy atom. The number of nitrogens with one attached hydrogen (secondary N) is 2. The highest BCUT2D eigenvalue weighted by atomic mass is 19.1. The summed E-state index contributed by atoms with van der Waals surface area (Å²) in [6.45, 7) is 3.46. The number of aliphatic hydroxyl groups is 1. The molecule has 1 saturated heterocycles. The number of amides is 3. The average molecular weight is 309 g/mol. The van der Waals surface area contributed by atoms with Gasteiger partial charge in [0.15, 0.2) is 0 Å². The van der Waals surface area contributed by atoms with Gasteiger partial charge in [0.05, 0.1) is 18.2 Å². The van der Waals surface area contributed by atoms with Gasteiger partial charge in [0, 0.05) is 18.7 Å². The van der Waals surface area contributed by atoms with E-state index in [0.29, 0.717) is 5.69 Å². The van der Waals surface area contributed by atoms with Crippen molar-refractivity contribution in [2.45, 2.75) is 31.8 Å². The van der Waals surface area contributed by atoms with E-state index < -0.39 is 17.4 Å². The maximum Gasteiger partial charge on any atom is 0.315 e. The molecule has 1 aliphatic rings. The maximum atomic E-state index is 13.2. The van der Waals surface area contributed by atoms with Crippen LogP contribution < -0.4 is 15.5 Å². The fraction of sp³-hybridized carbons (Fsp3) is 0.467. The van der Waals surface area contributed by atoms with Crippen molar-refractivity contribution in [3.63, 3.8) is 0 Å². The van der Waals surface area contributed by atoms with Crippen LogP contribution in [0.25, 0.3) is 0 Å². The van der Waals surface area contributed by atoms with Crippen LogP contribution in [0.1, 0.15) is 20.3 Å². The molecule has 0 aliphatic carbocycles. The van der Waals surface area contributed by atoms with E-state index in [1.54, 1.807) is 19.9 Å². The standard InChI is InChI=1S/C15H20FN3O3/c1-15(2,9-20)18-14(22)17-11-7-13(21)19(8-11)12-5-3-4-10(16)6-12/h3-6,11,20H,7-9H2,1-2H3,(H2,17,18,22)/t11-/m1/s1. The number of carbonyl (C=O) groups excluding carboxylic acids is 2. The third-order valence-corrected chi connectivity index (χ3v) is 3.43. The van der Waals surface area contributed by atoms with Crippen molar-refractivity contribution in [1.29, 1.82) is 0 Å². The highest BCUT2D eigenvalue weighted by Crippen LogP contribution is 2.22. The second-order valence-corrected chi connectivity index (χ2v) is 6.03. The zero-order valence-corrected chi connectivity index (χ0v) is 12.6. The molecule has 2 rings (SSSR count). The normalized spacial score (nSPS) is 18.5. The number of urea groups is 1. The molecule has 1 aromatic carbocycles. The zero-order valence-electron chi connectivity index (χ0n) is 12.6. The van der Waals surface area contributed by atoms with E-state index in [1.165, 1.54) is 23.1 Å². The van der Waals surface area contributed by atoms with E-state index in [0.717, 1.165) is 0 Å². The molecule has 1 aliphatic heterocycles. The Morgan fingerprint density at radius 1 is 1.50 bits per heavy atom. The highest BCUT2D eigenvalue weighted by molar-refractivity contribution is 5.96. The summed E-state index contributed by atoms with van der Waals surface area (Å²) in [5, 5.41) is 14.4. The molecule has 22 heavy (non-hydrogen) atoms. The fourth-order valence-corrected chi connectivity index (χ4v) is 2.27. The summed E-state index contributed by atoms with van der Waals surface area (Å²) >= 11 is 0. The summed E-state index contributed by atoms with van der Waals surface area (Å²) in [6, 6.07) is 4.98. The van der Waals surface area contributed by atoms with Crippen molar-refractivity contribution in [3.05, 3.63) is 30.1 Å². The number of aliphatic hydroxyl groups excluding tert-OH is 1. The summed E-state index contributed by atoms with van der Waals surface area (Å²) in [7, 11) is 0. The Kier molecular flexibility index (Phi) is 4.65. The smallest absolute Gasteiger partial charge is 0.315 e. The second kappa shape index (κ2) is 6.31. The molecule has 3 amide bonds. The quantitative estimate of drug-likeness (QED) is 0.776. The molecule has 1 aromatic rings. The van der Waals surface area contributed by atoms with E-state index in [9.17, 15) is 14.0 Å². The first-order valence-corrected chi connectivity index (χ1v) is 7.06. The predicted octanol–water partition coefficient (Wildman–Crippen LogP) is 1.00. The summed E-state index contributed by atoms with van der Waals surface area (Å²) in [5.41, 5.74) is -0.264. The Bertz CT molecular complexity index is 577. The topological polar surface area (TPSA) is 81.7 Å². The molecule has 0 aromatic heterocycles. The molecular formula is C15H20FN3O3. The van der Waals surface area contributed by atoms with Gasteiger partial charge in [-0.25, -0.2) is 9.18 Å². The third-order valence-electron chi connectivity index (χ3n) is 3.43. The van der Waals surface area contributed by atoms with Gasteiger partial charge in [-0.05, 0) is 32.0 Å². The number of hydrogen-bond donors (Lipinski definition) is 3. The number of nitrogens with zero attached hydrogens (tertiary/aromatic N) is 1. The van der Waals surface area contributed by atoms with Gasteiger partial charge >= 0.3 is 6.03 Å². The van der Waals surface area contributed by atoms with Gasteiger partial charge in [0.2, 0.25) is 5.91 Å². The summed E-state index contributed by atoms with van der Waals surface area (Å²) in [4.78, 5) is 25.3. The van der Waals surface area contributed by atoms with Crippen molar-refractivity contribution >= 4 is 17.6 Å². The van der Waals surface area contributed by atoms with Crippen molar-refractivity contribution in [2.75, 3.05) is 18.1 Å². The monoisotopic (exact) mass is 309 g/mol. The molecule has 1 atom stereocenters. The average Bonchev–Trinajstić information content (AvgIpc) is 2.78. The van der Waals surface area contributed by atoms with Gasteiger partial charge in [-0.3, -0.25) is 4.79 Å². The van der Waals surface area contributed by atoms with Gasteiger partial charge in [-0.2, -0.15) is 0 Å². The lowest BCUT2D eigenvalue weighted by Gasteiger charge is -2.25. The zero-order chi connectivity index (χ0) is 16.3. The van der Waals surface area contributed by atoms with Crippen LogP contribution in [0.15, 0.2) is 24.3 Å². The molecular weight excluding hydrogens is 289 g/mol. The van der Waals surface area contributed by atoms with Crippen molar-refractivity contribution < 1.29 is 19.1 Å². The van der Waals surface area contributed by atoms with Gasteiger partial charge in [-0.1, -0.05) is 6.07 Å². The molecule has 0 unspecified atom stereocenters. The third kappa shape index (κ3) is 3.94. The molecule has 1 heterocycles. The molecule has 120 valence electrons. The van der Waals surface area contributed by atoms with Crippen molar-refractivity contribution in [1.82, 2.24) is 10.6 Å². The molecule has 1 fully saturated rings. The van der Waals surface area contributed by atoms with Crippen LogP contribution in [0.4, 0.5) is 14.9 Å². The first kappa shape index (κ1) is 16.2. The molecule has 0 spiro atoms. The largest absolute Gasteiger partial charge is 0.394 e. The van der Waals surface area contributed by atoms with Crippen LogP contribution >= 0.6 is 0 Å². The lowest BCUT2D eigenvalue weighted by atomic mass is 10.1. The number of halogens is 1. The second-order valence-electron chi connectivity index (χ2n) is 6.03. The van der Waals surface area contributed by atoms with Crippen LogP contribution in [0.5, 0.6) is 0 Å². The Hall–Kier alpha value is -2.15. The Labute approximate surface area is 128 Å². The molecule has 0 bridgehead atoms. The van der Waals surface area contributed by atoms with Crippen LogP contribution in [0, 0.1) is 5.82 Å². The lowest BCUT2D eigenvalue weighted by molar-refractivity contribution is -0.117. The first-order chi connectivity index (χ1) is 10.3. The van der Waals surface area contributed by atoms with Crippen LogP contribution in [0.2, 0.25) is 0 Å². The van der Waals surface area contributed by atoms with Crippen molar-refractivity contribution in [3.8, 4) is 0 Å². The van der Waals surface area contributed by atoms with Gasteiger partial charge in [-0.15, -0.1) is 0 Å². The molecule has 0 radical (unpaired) electrons. The minimum absolute atomic E-state index is 0.156. The minimum Gasteiger partial charge on any atom is -0.394 e. The summed E-state index contributed by atoms with van der Waals surface area (Å²) < 4.78 is 13.2. The number of rotatable bonds is 4. The highest BCUT2D eigenvalue weighted by Gasteiger charge is 2.32. The molecule has 7 heteroatoms. The molecule has 3 N–H and O–H groups in total. The van der Waals surface area contributed by atoms with Gasteiger partial charge in [0.1, 0.15) is 5.82 Å². The lowest BCUT2D eigenvalue weighted by Crippen LogP contribution is -2.53. The van der Waals surface area contributed by atoms with Crippen LogP contribution in [-0.2, 0) is 4.79 Å². The fourth-order valence-electron chi connectivity index (χ4n) is 2.27. The predicted molar refractivity (Wildman–Crippen MR) is 80.0 cm³/mol. The van der Waals surface area contributed by atoms with Crippen LogP contribution in [-0.4, -0.2) is 41.8 Å². The van der Waals surface area contributed by atoms with E-state index in [2.05, 4.69) is 10.6 Å². The minimum atomic E-state index is -0.741. The maximum absolute atomic E-state index is 13.2. The van der Waals surface area contributed by atoms with E-state index in [-0.39, 0.29) is 31.5 Å². The van der Waals surface area contributed by atoms with E-state index >= 15 is 0 Å². The summed E-state index contributed by atoms with van der Waals surface area (Å²) in [5.74, 6) is -0.582. The summed E-state index contributed by atoms with van der Waals surface area (Å²) in [6.07, 6.45) is 0.156. The molecule has 6 nitrogen and oxygen atoms in total. The van der Waals surface area contributed by atoms with E-state index in [4.69, 9.17) is 5.11 Å². The number of carbonyl (C=O) groups is 2.